The van der Waals surface area contributed by atoms with Crippen LogP contribution in [-0.4, -0.2) is 29.6 Å². The summed E-state index contributed by atoms with van der Waals surface area (Å²) in [4.78, 5) is 12.7. The van der Waals surface area contributed by atoms with Crippen LogP contribution in [0.2, 0.25) is 0 Å². The second kappa shape index (κ2) is 7.67. The highest BCUT2D eigenvalue weighted by atomic mass is 16.4. The van der Waals surface area contributed by atoms with E-state index in [-0.39, 0.29) is 0 Å². The number of unbranched alkanes of at least 4 members (excludes halogenated alkanes) is 1. The Morgan fingerprint density at radius 3 is 2.56 bits per heavy atom. The lowest BCUT2D eigenvalue weighted by atomic mass is 10.1. The Morgan fingerprint density at radius 2 is 2.00 bits per heavy atom. The summed E-state index contributed by atoms with van der Waals surface area (Å²) in [5, 5.41) is 8.54. The molecule has 0 aliphatic rings. The van der Waals surface area contributed by atoms with Gasteiger partial charge < -0.3 is 10.0 Å². The molecular weight excluding hydrogens is 226 g/mol. The highest BCUT2D eigenvalue weighted by Gasteiger charge is 1.99. The molecule has 3 heteroatoms. The molecule has 0 heterocycles. The lowest BCUT2D eigenvalue weighted by Crippen LogP contribution is -2.18. The van der Waals surface area contributed by atoms with Gasteiger partial charge >= 0.3 is 5.97 Å². The maximum Gasteiger partial charge on any atom is 0.328 e. The van der Waals surface area contributed by atoms with E-state index in [0.29, 0.717) is 0 Å². The number of aliphatic carboxylic acids is 1. The van der Waals surface area contributed by atoms with Crippen molar-refractivity contribution in [2.45, 2.75) is 26.3 Å². The zero-order chi connectivity index (χ0) is 13.4. The van der Waals surface area contributed by atoms with E-state index in [4.69, 9.17) is 5.11 Å². The molecule has 1 rings (SSSR count). The van der Waals surface area contributed by atoms with E-state index in [1.54, 1.807) is 6.08 Å². The standard InChI is InChI=1S/C15H21NO2/c1-3-4-11-16(2)12-14-7-5-13(6-8-14)9-10-15(17)18/h5-10H,3-4,11-12H2,1-2H3,(H,17,18). The summed E-state index contributed by atoms with van der Waals surface area (Å²) in [5.41, 5.74) is 2.17. The average Bonchev–Trinajstić information content (AvgIpc) is 2.35. The van der Waals surface area contributed by atoms with Crippen LogP contribution < -0.4 is 0 Å². The molecule has 0 saturated carbocycles. The first-order valence-electron chi connectivity index (χ1n) is 6.30. The molecular formula is C15H21NO2. The molecule has 0 aromatic heterocycles. The van der Waals surface area contributed by atoms with Crippen LogP contribution in [0.15, 0.2) is 30.3 Å². The minimum Gasteiger partial charge on any atom is -0.478 e. The van der Waals surface area contributed by atoms with Crippen molar-refractivity contribution in [1.29, 1.82) is 0 Å². The third kappa shape index (κ3) is 5.64. The van der Waals surface area contributed by atoms with Crippen molar-refractivity contribution in [3.8, 4) is 0 Å². The smallest absolute Gasteiger partial charge is 0.328 e. The molecule has 0 radical (unpaired) electrons. The van der Waals surface area contributed by atoms with Crippen LogP contribution in [0.1, 0.15) is 30.9 Å². The molecule has 1 aromatic carbocycles. The molecule has 1 aromatic rings. The van der Waals surface area contributed by atoms with Gasteiger partial charge in [0.05, 0.1) is 0 Å². The largest absolute Gasteiger partial charge is 0.478 e. The molecule has 0 fully saturated rings. The van der Waals surface area contributed by atoms with E-state index in [2.05, 4.69) is 18.9 Å². The van der Waals surface area contributed by atoms with Crippen molar-refractivity contribution < 1.29 is 9.90 Å². The van der Waals surface area contributed by atoms with Gasteiger partial charge in [-0.2, -0.15) is 0 Å². The molecule has 0 spiro atoms. The van der Waals surface area contributed by atoms with Crippen LogP contribution in [0.3, 0.4) is 0 Å². The first-order chi connectivity index (χ1) is 8.61. The van der Waals surface area contributed by atoms with E-state index < -0.39 is 5.97 Å². The van der Waals surface area contributed by atoms with Gasteiger partial charge in [0.15, 0.2) is 0 Å². The highest BCUT2D eigenvalue weighted by Crippen LogP contribution is 2.08. The Labute approximate surface area is 109 Å². The molecule has 0 saturated heterocycles. The predicted molar refractivity (Wildman–Crippen MR) is 74.4 cm³/mol. The maximum absolute atomic E-state index is 10.4. The van der Waals surface area contributed by atoms with Gasteiger partial charge in [0.2, 0.25) is 0 Å². The SMILES string of the molecule is CCCCN(C)Cc1ccc(C=CC(=O)O)cc1. The van der Waals surface area contributed by atoms with Crippen LogP contribution in [0, 0.1) is 0 Å². The maximum atomic E-state index is 10.4. The fourth-order valence-corrected chi connectivity index (χ4v) is 1.72. The summed E-state index contributed by atoms with van der Waals surface area (Å²) in [7, 11) is 2.12. The number of carbonyl (C=O) groups is 1. The van der Waals surface area contributed by atoms with E-state index >= 15 is 0 Å². The van der Waals surface area contributed by atoms with E-state index in [1.807, 2.05) is 24.3 Å². The molecule has 0 aliphatic carbocycles. The minimum atomic E-state index is -0.918. The quantitative estimate of drug-likeness (QED) is 0.753. The number of rotatable bonds is 7. The van der Waals surface area contributed by atoms with Crippen molar-refractivity contribution in [2.75, 3.05) is 13.6 Å². The lowest BCUT2D eigenvalue weighted by Gasteiger charge is -2.16. The number of hydrogen-bond donors (Lipinski definition) is 1. The van der Waals surface area contributed by atoms with Crippen molar-refractivity contribution >= 4 is 12.0 Å². The van der Waals surface area contributed by atoms with Crippen LogP contribution >= 0.6 is 0 Å². The van der Waals surface area contributed by atoms with Crippen LogP contribution in [0.4, 0.5) is 0 Å². The van der Waals surface area contributed by atoms with Gasteiger partial charge in [-0.15, -0.1) is 0 Å². The number of carboxylic acid groups (broad SMARTS) is 1. The summed E-state index contributed by atoms with van der Waals surface area (Å²) in [5.74, 6) is -0.918. The number of nitrogens with zero attached hydrogens (tertiary/aromatic N) is 1. The minimum absolute atomic E-state index is 0.914. The molecule has 0 aliphatic heterocycles. The second-order valence-electron chi connectivity index (χ2n) is 4.50. The van der Waals surface area contributed by atoms with Gasteiger partial charge in [-0.3, -0.25) is 0 Å². The van der Waals surface area contributed by atoms with Crippen molar-refractivity contribution in [3.05, 3.63) is 41.5 Å². The number of hydrogen-bond acceptors (Lipinski definition) is 2. The predicted octanol–water partition coefficient (Wildman–Crippen LogP) is 3.02. The Hall–Kier alpha value is -1.61. The van der Waals surface area contributed by atoms with Gasteiger partial charge in [0.25, 0.3) is 0 Å². The monoisotopic (exact) mass is 247 g/mol. The van der Waals surface area contributed by atoms with Gasteiger partial charge in [-0.1, -0.05) is 37.6 Å². The summed E-state index contributed by atoms with van der Waals surface area (Å²) in [6.45, 7) is 4.23. The lowest BCUT2D eigenvalue weighted by molar-refractivity contribution is -0.131. The highest BCUT2D eigenvalue weighted by molar-refractivity contribution is 5.85. The molecule has 0 amide bonds. The molecule has 0 unspecified atom stereocenters. The zero-order valence-electron chi connectivity index (χ0n) is 11.1. The second-order valence-corrected chi connectivity index (χ2v) is 4.50. The average molecular weight is 247 g/mol. The van der Waals surface area contributed by atoms with Crippen molar-refractivity contribution in [2.24, 2.45) is 0 Å². The summed E-state index contributed by atoms with van der Waals surface area (Å²) in [6, 6.07) is 7.98. The summed E-state index contributed by atoms with van der Waals surface area (Å²) >= 11 is 0. The van der Waals surface area contributed by atoms with Crippen molar-refractivity contribution in [1.82, 2.24) is 4.90 Å². The Bertz CT molecular complexity index is 395. The van der Waals surface area contributed by atoms with Gasteiger partial charge in [0, 0.05) is 12.6 Å². The Morgan fingerprint density at radius 1 is 1.33 bits per heavy atom. The Kier molecular flexibility index (Phi) is 6.15. The first-order valence-corrected chi connectivity index (χ1v) is 6.30. The number of carboxylic acids is 1. The first kappa shape index (κ1) is 14.5. The van der Waals surface area contributed by atoms with Gasteiger partial charge in [0.1, 0.15) is 0 Å². The molecule has 18 heavy (non-hydrogen) atoms. The topological polar surface area (TPSA) is 40.5 Å². The Balaban J connectivity index is 2.52. The molecule has 0 bridgehead atoms. The fourth-order valence-electron chi connectivity index (χ4n) is 1.72. The van der Waals surface area contributed by atoms with E-state index in [9.17, 15) is 4.79 Å². The third-order valence-corrected chi connectivity index (χ3v) is 2.74. The van der Waals surface area contributed by atoms with E-state index in [1.165, 1.54) is 18.4 Å². The summed E-state index contributed by atoms with van der Waals surface area (Å²) in [6.07, 6.45) is 5.19. The molecule has 98 valence electrons. The molecule has 1 N–H and O–H groups in total. The fraction of sp³-hybridized carbons (Fsp3) is 0.400. The molecule has 3 nitrogen and oxygen atoms in total. The normalized spacial score (nSPS) is 11.3. The van der Waals surface area contributed by atoms with Crippen LogP contribution in [0.5, 0.6) is 0 Å². The van der Waals surface area contributed by atoms with Crippen molar-refractivity contribution in [3.63, 3.8) is 0 Å². The number of benzene rings is 1. The van der Waals surface area contributed by atoms with Gasteiger partial charge in [-0.05, 0) is 37.2 Å². The van der Waals surface area contributed by atoms with Crippen LogP contribution in [-0.2, 0) is 11.3 Å². The third-order valence-electron chi connectivity index (χ3n) is 2.74. The zero-order valence-corrected chi connectivity index (χ0v) is 11.1. The van der Waals surface area contributed by atoms with E-state index in [0.717, 1.165) is 24.7 Å². The van der Waals surface area contributed by atoms with Crippen LogP contribution in [0.25, 0.3) is 6.08 Å². The summed E-state index contributed by atoms with van der Waals surface area (Å²) < 4.78 is 0. The molecule has 0 atom stereocenters. The van der Waals surface area contributed by atoms with Gasteiger partial charge in [-0.25, -0.2) is 4.79 Å².